The summed E-state index contributed by atoms with van der Waals surface area (Å²) in [4.78, 5) is 2.28. The second-order valence-corrected chi connectivity index (χ2v) is 6.79. The maximum Gasteiger partial charge on any atom is 0.119 e. The molecule has 26 heavy (non-hydrogen) atoms. The van der Waals surface area contributed by atoms with Crippen molar-refractivity contribution in [3.05, 3.63) is 65.2 Å². The topological polar surface area (TPSA) is 41.9 Å². The molecule has 0 bridgehead atoms. The van der Waals surface area contributed by atoms with E-state index in [4.69, 9.17) is 9.47 Å². The highest BCUT2D eigenvalue weighted by atomic mass is 16.5. The number of aliphatic hydroxyl groups excluding tert-OH is 1. The zero-order valence-electron chi connectivity index (χ0n) is 16.1. The summed E-state index contributed by atoms with van der Waals surface area (Å²) in [6.07, 6.45) is 0.399. The van der Waals surface area contributed by atoms with Gasteiger partial charge in [0.15, 0.2) is 0 Å². The maximum atomic E-state index is 10.4. The zero-order valence-corrected chi connectivity index (χ0v) is 16.1. The fourth-order valence-corrected chi connectivity index (χ4v) is 2.94. The van der Waals surface area contributed by atoms with Gasteiger partial charge in [0, 0.05) is 33.4 Å². The molecule has 0 saturated carbocycles. The van der Waals surface area contributed by atoms with Gasteiger partial charge in [-0.1, -0.05) is 42.0 Å². The number of benzene rings is 2. The van der Waals surface area contributed by atoms with Gasteiger partial charge in [-0.2, -0.15) is 0 Å². The molecule has 2 rings (SSSR count). The van der Waals surface area contributed by atoms with Gasteiger partial charge in [-0.15, -0.1) is 0 Å². The molecular weight excluding hydrogens is 326 g/mol. The Kier molecular flexibility index (Phi) is 8.62. The van der Waals surface area contributed by atoms with E-state index in [2.05, 4.69) is 36.9 Å². The molecule has 2 aromatic rings. The van der Waals surface area contributed by atoms with Crippen LogP contribution in [0.15, 0.2) is 48.5 Å². The molecule has 0 aliphatic heterocycles. The molecule has 4 heteroatoms. The predicted octanol–water partition coefficient (Wildman–Crippen LogP) is 3.58. The number of aliphatic hydroxyl groups is 1. The zero-order chi connectivity index (χ0) is 18.8. The van der Waals surface area contributed by atoms with Crippen molar-refractivity contribution < 1.29 is 14.6 Å². The highest BCUT2D eigenvalue weighted by molar-refractivity contribution is 5.30. The van der Waals surface area contributed by atoms with Crippen molar-refractivity contribution in [1.29, 1.82) is 0 Å². The van der Waals surface area contributed by atoms with Gasteiger partial charge in [0.25, 0.3) is 0 Å². The maximum absolute atomic E-state index is 10.4. The van der Waals surface area contributed by atoms with Crippen LogP contribution >= 0.6 is 0 Å². The molecule has 0 fully saturated rings. The molecule has 0 amide bonds. The highest BCUT2D eigenvalue weighted by Gasteiger charge is 2.14. The van der Waals surface area contributed by atoms with Gasteiger partial charge in [-0.05, 0) is 43.5 Å². The van der Waals surface area contributed by atoms with E-state index in [1.54, 1.807) is 7.11 Å². The van der Waals surface area contributed by atoms with E-state index in [0.717, 1.165) is 31.9 Å². The van der Waals surface area contributed by atoms with E-state index in [9.17, 15) is 5.11 Å². The fourth-order valence-electron chi connectivity index (χ4n) is 2.94. The van der Waals surface area contributed by atoms with Crippen LogP contribution in [0.4, 0.5) is 0 Å². The monoisotopic (exact) mass is 357 g/mol. The molecule has 0 aliphatic rings. The summed E-state index contributed by atoms with van der Waals surface area (Å²) in [5.74, 6) is 0.784. The number of hydrogen-bond acceptors (Lipinski definition) is 4. The molecule has 0 radical (unpaired) electrons. The average molecular weight is 357 g/mol. The first-order chi connectivity index (χ1) is 12.6. The Hall–Kier alpha value is -1.88. The molecule has 4 nitrogen and oxygen atoms in total. The number of hydrogen-bond donors (Lipinski definition) is 1. The standard InChI is InChI=1S/C22H31NO3/c1-18-10-11-19(2)20(14-18)15-23(12-7-13-25-3)16-21(24)17-26-22-8-5-4-6-9-22/h4-6,8-11,14,21,24H,7,12-13,15-17H2,1-3H3/t21-/m1/s1. The lowest BCUT2D eigenvalue weighted by molar-refractivity contribution is 0.0617. The van der Waals surface area contributed by atoms with Crippen molar-refractivity contribution in [3.8, 4) is 5.75 Å². The third kappa shape index (κ3) is 7.16. The molecule has 0 unspecified atom stereocenters. The third-order valence-electron chi connectivity index (χ3n) is 4.38. The van der Waals surface area contributed by atoms with Gasteiger partial charge in [-0.25, -0.2) is 0 Å². The minimum atomic E-state index is -0.539. The Balaban J connectivity index is 1.93. The summed E-state index contributed by atoms with van der Waals surface area (Å²) in [5, 5.41) is 10.4. The Labute approximate surface area is 157 Å². The lowest BCUT2D eigenvalue weighted by atomic mass is 10.0. The number of aryl methyl sites for hydroxylation is 2. The van der Waals surface area contributed by atoms with Crippen LogP contribution in [0, 0.1) is 13.8 Å². The van der Waals surface area contributed by atoms with Crippen molar-refractivity contribution >= 4 is 0 Å². The largest absolute Gasteiger partial charge is 0.491 e. The highest BCUT2D eigenvalue weighted by Crippen LogP contribution is 2.15. The van der Waals surface area contributed by atoms with Gasteiger partial charge in [-0.3, -0.25) is 4.90 Å². The normalized spacial score (nSPS) is 12.3. The van der Waals surface area contributed by atoms with Gasteiger partial charge >= 0.3 is 0 Å². The summed E-state index contributed by atoms with van der Waals surface area (Å²) in [5.41, 5.74) is 3.84. The second kappa shape index (κ2) is 11.0. The van der Waals surface area contributed by atoms with E-state index in [0.29, 0.717) is 6.54 Å². The minimum Gasteiger partial charge on any atom is -0.491 e. The molecule has 142 valence electrons. The molecule has 0 aliphatic carbocycles. The van der Waals surface area contributed by atoms with Crippen LogP contribution in [-0.4, -0.2) is 49.5 Å². The third-order valence-corrected chi connectivity index (χ3v) is 4.38. The smallest absolute Gasteiger partial charge is 0.119 e. The quantitative estimate of drug-likeness (QED) is 0.624. The first-order valence-corrected chi connectivity index (χ1v) is 9.22. The molecular formula is C22H31NO3. The first-order valence-electron chi connectivity index (χ1n) is 9.22. The number of ether oxygens (including phenoxy) is 2. The Morgan fingerprint density at radius 1 is 1.08 bits per heavy atom. The van der Waals surface area contributed by atoms with Crippen molar-refractivity contribution in [2.45, 2.75) is 32.9 Å². The minimum absolute atomic E-state index is 0.289. The lowest BCUT2D eigenvalue weighted by Gasteiger charge is -2.26. The molecule has 0 aromatic heterocycles. The molecule has 1 atom stereocenters. The van der Waals surface area contributed by atoms with Crippen LogP contribution in [0.3, 0.4) is 0 Å². The Morgan fingerprint density at radius 3 is 2.58 bits per heavy atom. The van der Waals surface area contributed by atoms with Crippen molar-refractivity contribution in [2.24, 2.45) is 0 Å². The fraction of sp³-hybridized carbons (Fsp3) is 0.455. The molecule has 0 saturated heterocycles. The number of rotatable bonds is 11. The summed E-state index contributed by atoms with van der Waals surface area (Å²) >= 11 is 0. The molecule has 0 heterocycles. The van der Waals surface area contributed by atoms with Crippen LogP contribution < -0.4 is 4.74 Å². The predicted molar refractivity (Wildman–Crippen MR) is 106 cm³/mol. The van der Waals surface area contributed by atoms with Crippen LogP contribution in [0.2, 0.25) is 0 Å². The van der Waals surface area contributed by atoms with E-state index in [1.165, 1.54) is 16.7 Å². The Bertz CT molecular complexity index is 645. The first kappa shape index (κ1) is 20.4. The van der Waals surface area contributed by atoms with E-state index < -0.39 is 6.10 Å². The molecule has 0 spiro atoms. The number of nitrogens with zero attached hydrogens (tertiary/aromatic N) is 1. The van der Waals surface area contributed by atoms with Gasteiger partial charge < -0.3 is 14.6 Å². The summed E-state index contributed by atoms with van der Waals surface area (Å²) in [6, 6.07) is 16.1. The molecule has 1 N–H and O–H groups in total. The van der Waals surface area contributed by atoms with Gasteiger partial charge in [0.05, 0.1) is 0 Å². The second-order valence-electron chi connectivity index (χ2n) is 6.79. The van der Waals surface area contributed by atoms with Crippen LogP contribution in [0.25, 0.3) is 0 Å². The SMILES string of the molecule is COCCCN(Cc1cc(C)ccc1C)C[C@@H](O)COc1ccccc1. The van der Waals surface area contributed by atoms with Crippen LogP contribution in [0.5, 0.6) is 5.75 Å². The average Bonchev–Trinajstić information content (AvgIpc) is 2.64. The van der Waals surface area contributed by atoms with Crippen LogP contribution in [0.1, 0.15) is 23.1 Å². The van der Waals surface area contributed by atoms with Gasteiger partial charge in [0.1, 0.15) is 18.5 Å². The van der Waals surface area contributed by atoms with E-state index in [1.807, 2.05) is 30.3 Å². The van der Waals surface area contributed by atoms with Crippen LogP contribution in [-0.2, 0) is 11.3 Å². The van der Waals surface area contributed by atoms with E-state index >= 15 is 0 Å². The summed E-state index contributed by atoms with van der Waals surface area (Å²) in [7, 11) is 1.72. The molecule has 2 aromatic carbocycles. The van der Waals surface area contributed by atoms with Crippen molar-refractivity contribution in [3.63, 3.8) is 0 Å². The summed E-state index contributed by atoms with van der Waals surface area (Å²) in [6.45, 7) is 7.53. The van der Waals surface area contributed by atoms with Gasteiger partial charge in [0.2, 0.25) is 0 Å². The number of para-hydroxylation sites is 1. The number of methoxy groups -OCH3 is 1. The van der Waals surface area contributed by atoms with Crippen molar-refractivity contribution in [2.75, 3.05) is 33.4 Å². The Morgan fingerprint density at radius 2 is 1.85 bits per heavy atom. The lowest BCUT2D eigenvalue weighted by Crippen LogP contribution is -2.36. The summed E-state index contributed by atoms with van der Waals surface area (Å²) < 4.78 is 10.9. The van der Waals surface area contributed by atoms with E-state index in [-0.39, 0.29) is 6.61 Å². The van der Waals surface area contributed by atoms with Crippen molar-refractivity contribution in [1.82, 2.24) is 4.90 Å².